The summed E-state index contributed by atoms with van der Waals surface area (Å²) in [5.41, 5.74) is 9.85. The maximum absolute atomic E-state index is 5.19. The Kier molecular flexibility index (Phi) is 3.78. The topological polar surface area (TPSA) is 26.6 Å². The molecule has 43 heavy (non-hydrogen) atoms. The second kappa shape index (κ2) is 7.39. The van der Waals surface area contributed by atoms with Gasteiger partial charge in [0, 0.05) is 55.2 Å². The maximum Gasteiger partial charge on any atom is 0.423 e. The minimum absolute atomic E-state index is 1.01. The number of nitrogens with zero attached hydrogens (tertiary/aromatic N) is 4. The van der Waals surface area contributed by atoms with Crippen molar-refractivity contribution in [2.45, 2.75) is 0 Å². The molecular formula is C38H23BN4. The molecule has 3 aromatic heterocycles. The predicted octanol–water partition coefficient (Wildman–Crippen LogP) is 7.49. The molecule has 0 bridgehead atoms. The summed E-state index contributed by atoms with van der Waals surface area (Å²) in [6, 6.07) is 49.2. The van der Waals surface area contributed by atoms with Crippen LogP contribution < -0.4 is 9.94 Å². The zero-order chi connectivity index (χ0) is 27.9. The summed E-state index contributed by atoms with van der Waals surface area (Å²) in [5.74, 6) is 1.01. The highest BCUT2D eigenvalue weighted by atomic mass is 15.3. The average molecular weight is 546 g/mol. The van der Waals surface area contributed by atoms with Gasteiger partial charge in [-0.05, 0) is 35.0 Å². The van der Waals surface area contributed by atoms with E-state index in [1.54, 1.807) is 0 Å². The SMILES string of the molecule is c1ccc([B-]23n4c5ccccc5c5cccc(c54)-c4ccnc([n+]42)-c2cccc4c5c6ccccc6ccc5n3c24)cc1. The van der Waals surface area contributed by atoms with Gasteiger partial charge in [-0.3, -0.25) is 0 Å². The van der Waals surface area contributed by atoms with Gasteiger partial charge in [0.15, 0.2) is 0 Å². The van der Waals surface area contributed by atoms with Crippen LogP contribution in [0.1, 0.15) is 0 Å². The first-order chi connectivity index (χ1) is 21.4. The molecule has 0 spiro atoms. The predicted molar refractivity (Wildman–Crippen MR) is 177 cm³/mol. The lowest BCUT2D eigenvalue weighted by Gasteiger charge is -2.50. The van der Waals surface area contributed by atoms with Crippen LogP contribution >= 0.6 is 0 Å². The van der Waals surface area contributed by atoms with Gasteiger partial charge in [0.1, 0.15) is 6.20 Å². The van der Waals surface area contributed by atoms with Crippen LogP contribution in [0.15, 0.2) is 140 Å². The van der Waals surface area contributed by atoms with Crippen LogP contribution in [-0.2, 0) is 0 Å². The summed E-state index contributed by atoms with van der Waals surface area (Å²) >= 11 is 0. The molecule has 0 fully saturated rings. The second-order valence-corrected chi connectivity index (χ2v) is 12.0. The Bertz CT molecular complexity index is 2680. The third-order valence-electron chi connectivity index (χ3n) is 10.2. The summed E-state index contributed by atoms with van der Waals surface area (Å²) in [4.78, 5) is 5.19. The molecule has 4 nitrogen and oxygen atoms in total. The molecule has 6 aromatic carbocycles. The molecule has 0 saturated carbocycles. The lowest BCUT2D eigenvalue weighted by Crippen LogP contribution is -2.83. The number of fused-ring (bicyclic) bond motifs is 12. The van der Waals surface area contributed by atoms with Gasteiger partial charge in [-0.15, -0.1) is 5.46 Å². The van der Waals surface area contributed by atoms with E-state index >= 15 is 0 Å². The van der Waals surface area contributed by atoms with Crippen molar-refractivity contribution in [2.75, 3.05) is 0 Å². The Morgan fingerprint density at radius 3 is 2.12 bits per heavy atom. The molecule has 0 amide bonds. The van der Waals surface area contributed by atoms with E-state index in [-0.39, 0.29) is 0 Å². The van der Waals surface area contributed by atoms with E-state index in [0.29, 0.717) is 0 Å². The minimum Gasteiger partial charge on any atom is -0.452 e. The lowest BCUT2D eigenvalue weighted by molar-refractivity contribution is -0.530. The first kappa shape index (κ1) is 22.0. The zero-order valence-corrected chi connectivity index (χ0v) is 23.1. The van der Waals surface area contributed by atoms with Crippen LogP contribution in [0.2, 0.25) is 0 Å². The molecule has 198 valence electrons. The normalized spacial score (nSPS) is 16.5. The van der Waals surface area contributed by atoms with Crippen molar-refractivity contribution in [1.29, 1.82) is 0 Å². The first-order valence-corrected chi connectivity index (χ1v) is 15.0. The van der Waals surface area contributed by atoms with Crippen LogP contribution in [0.25, 0.3) is 77.0 Å². The molecule has 5 heterocycles. The van der Waals surface area contributed by atoms with E-state index in [1.807, 2.05) is 6.20 Å². The highest BCUT2D eigenvalue weighted by Crippen LogP contribution is 2.47. The van der Waals surface area contributed by atoms with E-state index in [2.05, 4.69) is 147 Å². The third kappa shape index (κ3) is 2.34. The van der Waals surface area contributed by atoms with Gasteiger partial charge >= 0.3 is 6.55 Å². The van der Waals surface area contributed by atoms with Crippen LogP contribution in [-0.4, -0.2) is 20.5 Å². The fraction of sp³-hybridized carbons (Fsp3) is 0. The van der Waals surface area contributed by atoms with Crippen molar-refractivity contribution in [3.05, 3.63) is 140 Å². The number of hydrogen-bond donors (Lipinski definition) is 0. The van der Waals surface area contributed by atoms with E-state index in [0.717, 1.165) is 5.82 Å². The van der Waals surface area contributed by atoms with Gasteiger partial charge in [-0.1, -0.05) is 108 Å². The largest absolute Gasteiger partial charge is 0.452 e. The minimum atomic E-state index is -1.84. The molecule has 11 rings (SSSR count). The third-order valence-corrected chi connectivity index (χ3v) is 10.2. The van der Waals surface area contributed by atoms with E-state index in [4.69, 9.17) is 4.98 Å². The Hall–Kier alpha value is -5.68. The summed E-state index contributed by atoms with van der Waals surface area (Å²) in [6.45, 7) is -1.84. The molecule has 1 unspecified atom stereocenters. The molecule has 2 aliphatic rings. The maximum atomic E-state index is 5.19. The first-order valence-electron chi connectivity index (χ1n) is 15.0. The van der Waals surface area contributed by atoms with Gasteiger partial charge in [-0.2, -0.15) is 0 Å². The Balaban J connectivity index is 1.53. The number of hydrogen-bond acceptors (Lipinski definition) is 1. The number of para-hydroxylation sites is 3. The molecular weight excluding hydrogens is 523 g/mol. The summed E-state index contributed by atoms with van der Waals surface area (Å²) in [5, 5.41) is 7.66. The lowest BCUT2D eigenvalue weighted by atomic mass is 9.49. The highest BCUT2D eigenvalue weighted by molar-refractivity contribution is 6.86. The van der Waals surface area contributed by atoms with Crippen molar-refractivity contribution >= 4 is 66.4 Å². The molecule has 2 aliphatic heterocycles. The van der Waals surface area contributed by atoms with Crippen molar-refractivity contribution in [1.82, 2.24) is 13.9 Å². The Labute approximate surface area is 246 Å². The van der Waals surface area contributed by atoms with Gasteiger partial charge < -0.3 is 13.4 Å². The van der Waals surface area contributed by atoms with Gasteiger partial charge in [0.05, 0.1) is 11.3 Å². The Morgan fingerprint density at radius 2 is 1.21 bits per heavy atom. The monoisotopic (exact) mass is 546 g/mol. The quantitative estimate of drug-likeness (QED) is 0.196. The zero-order valence-electron chi connectivity index (χ0n) is 23.1. The molecule has 9 aromatic rings. The van der Waals surface area contributed by atoms with Crippen LogP contribution in [0.3, 0.4) is 0 Å². The van der Waals surface area contributed by atoms with E-state index in [1.165, 1.54) is 76.7 Å². The smallest absolute Gasteiger partial charge is 0.423 e. The van der Waals surface area contributed by atoms with Crippen LogP contribution in [0, 0.1) is 0 Å². The molecule has 1 atom stereocenters. The van der Waals surface area contributed by atoms with Crippen molar-refractivity contribution in [2.24, 2.45) is 0 Å². The fourth-order valence-corrected chi connectivity index (χ4v) is 8.78. The van der Waals surface area contributed by atoms with Gasteiger partial charge in [-0.25, -0.2) is 0 Å². The van der Waals surface area contributed by atoms with Crippen LogP contribution in [0.5, 0.6) is 0 Å². The standard InChI is InChI=1S/C38H23BN4/c1-2-11-25(12-3-1)39-41-32-19-7-6-14-27(32)28-15-8-16-29(36(28)41)33-22-23-40-38(43(33)39)31-18-9-17-30-35-26-13-5-4-10-24(26)20-21-34(35)42(39)37(30)31/h1-23H. The van der Waals surface area contributed by atoms with E-state index < -0.39 is 6.55 Å². The highest BCUT2D eigenvalue weighted by Gasteiger charge is 2.52. The average Bonchev–Trinajstić information content (AvgIpc) is 3.61. The van der Waals surface area contributed by atoms with Crippen LogP contribution in [0.4, 0.5) is 0 Å². The van der Waals surface area contributed by atoms with Crippen molar-refractivity contribution in [3.8, 4) is 22.6 Å². The van der Waals surface area contributed by atoms with Crippen molar-refractivity contribution < 1.29 is 4.48 Å². The fourth-order valence-electron chi connectivity index (χ4n) is 8.78. The number of rotatable bonds is 1. The van der Waals surface area contributed by atoms with Gasteiger partial charge in [0.2, 0.25) is 0 Å². The Morgan fingerprint density at radius 1 is 0.512 bits per heavy atom. The van der Waals surface area contributed by atoms with Gasteiger partial charge in [0.25, 0.3) is 5.82 Å². The number of benzene rings is 6. The summed E-state index contributed by atoms with van der Waals surface area (Å²) < 4.78 is 7.92. The second-order valence-electron chi connectivity index (χ2n) is 12.0. The molecule has 0 N–H and O–H groups in total. The summed E-state index contributed by atoms with van der Waals surface area (Å²) in [6.07, 6.45) is 2.00. The molecule has 0 aliphatic carbocycles. The number of aromatic nitrogens is 4. The molecule has 0 radical (unpaired) electrons. The molecule has 0 saturated heterocycles. The van der Waals surface area contributed by atoms with E-state index in [9.17, 15) is 0 Å². The van der Waals surface area contributed by atoms with Crippen molar-refractivity contribution in [3.63, 3.8) is 0 Å². The molecule has 5 heteroatoms. The summed E-state index contributed by atoms with van der Waals surface area (Å²) in [7, 11) is 0.